The van der Waals surface area contributed by atoms with Gasteiger partial charge in [0.05, 0.1) is 11.0 Å². The molecule has 0 aliphatic carbocycles. The number of alkyl halides is 3. The lowest BCUT2D eigenvalue weighted by Gasteiger charge is -2.07. The molecule has 0 saturated heterocycles. The van der Waals surface area contributed by atoms with E-state index in [0.717, 1.165) is 47.7 Å². The van der Waals surface area contributed by atoms with Crippen LogP contribution in [0.2, 0.25) is 0 Å². The Kier molecular flexibility index (Phi) is 8.56. The summed E-state index contributed by atoms with van der Waals surface area (Å²) in [6.45, 7) is 2.76. The van der Waals surface area contributed by atoms with Crippen molar-refractivity contribution in [3.05, 3.63) is 78.1 Å². The molecule has 4 rings (SSSR count). The highest BCUT2D eigenvalue weighted by atomic mass is 19.4. The number of imidazole rings is 1. The van der Waals surface area contributed by atoms with E-state index in [4.69, 9.17) is 9.90 Å². The average Bonchev–Trinajstić information content (AvgIpc) is 3.25. The maximum absolute atomic E-state index is 13.4. The topological polar surface area (TPSA) is 90.0 Å². The molecule has 1 aromatic heterocycles. The standard InChI is InChI=1S/C23H23FN4.C2HF3O2/c1-25-11-12-26-15-16-5-7-17(8-6-16)18-3-2-4-19(13-18)23-27-21-10-9-20(24)14-22(21)28-23;3-2(4,5)1(6)7/h2-10,13-14,25-26H,11-12,15H2,1H3,(H,27,28);(H,6,7). The van der Waals surface area contributed by atoms with Crippen molar-refractivity contribution in [2.24, 2.45) is 0 Å². The summed E-state index contributed by atoms with van der Waals surface area (Å²) in [7, 11) is 1.95. The SMILES string of the molecule is CNCCNCc1ccc(-c2cccc(-c3nc4ccc(F)cc4[nH]3)c2)cc1.O=C(O)C(F)(F)F. The van der Waals surface area contributed by atoms with Gasteiger partial charge < -0.3 is 20.7 Å². The Morgan fingerprint density at radius 3 is 2.31 bits per heavy atom. The zero-order chi connectivity index (χ0) is 25.4. The second-order valence-electron chi connectivity index (χ2n) is 7.61. The van der Waals surface area contributed by atoms with Gasteiger partial charge in [-0.2, -0.15) is 13.2 Å². The van der Waals surface area contributed by atoms with Crippen LogP contribution in [0.15, 0.2) is 66.7 Å². The number of hydrogen-bond donors (Lipinski definition) is 4. The third-order valence-electron chi connectivity index (χ3n) is 4.99. The van der Waals surface area contributed by atoms with E-state index < -0.39 is 12.1 Å². The summed E-state index contributed by atoms with van der Waals surface area (Å²) < 4.78 is 45.2. The third-order valence-corrected chi connectivity index (χ3v) is 4.99. The summed E-state index contributed by atoms with van der Waals surface area (Å²) in [6, 6.07) is 21.4. The molecular weight excluding hydrogens is 464 g/mol. The first-order valence-electron chi connectivity index (χ1n) is 10.7. The Morgan fingerprint density at radius 2 is 1.66 bits per heavy atom. The molecule has 0 fully saturated rings. The van der Waals surface area contributed by atoms with Gasteiger partial charge in [0, 0.05) is 25.2 Å². The van der Waals surface area contributed by atoms with Gasteiger partial charge >= 0.3 is 12.1 Å². The van der Waals surface area contributed by atoms with E-state index in [-0.39, 0.29) is 5.82 Å². The van der Waals surface area contributed by atoms with E-state index in [1.807, 2.05) is 19.2 Å². The van der Waals surface area contributed by atoms with Gasteiger partial charge in [-0.1, -0.05) is 42.5 Å². The fraction of sp³-hybridized carbons (Fsp3) is 0.200. The Morgan fingerprint density at radius 1 is 0.971 bits per heavy atom. The Hall–Kier alpha value is -3.76. The van der Waals surface area contributed by atoms with Crippen LogP contribution in [0.1, 0.15) is 5.56 Å². The molecule has 6 nitrogen and oxygen atoms in total. The first-order valence-corrected chi connectivity index (χ1v) is 10.7. The summed E-state index contributed by atoms with van der Waals surface area (Å²) in [5.41, 5.74) is 5.98. The number of aromatic nitrogens is 2. The summed E-state index contributed by atoms with van der Waals surface area (Å²) in [4.78, 5) is 16.7. The quantitative estimate of drug-likeness (QED) is 0.218. The number of carboxylic acids is 1. The van der Waals surface area contributed by atoms with Crippen LogP contribution < -0.4 is 10.6 Å². The number of fused-ring (bicyclic) bond motifs is 1. The van der Waals surface area contributed by atoms with E-state index in [1.54, 1.807) is 6.07 Å². The number of halogens is 4. The van der Waals surface area contributed by atoms with Crippen LogP contribution >= 0.6 is 0 Å². The van der Waals surface area contributed by atoms with Crippen molar-refractivity contribution in [1.82, 2.24) is 20.6 Å². The highest BCUT2D eigenvalue weighted by Crippen LogP contribution is 2.27. The normalized spacial score (nSPS) is 11.2. The van der Waals surface area contributed by atoms with Gasteiger partial charge in [0.1, 0.15) is 11.6 Å². The number of H-pyrrole nitrogens is 1. The fourth-order valence-electron chi connectivity index (χ4n) is 3.23. The molecular formula is C25H24F4N4O2. The van der Waals surface area contributed by atoms with Crippen molar-refractivity contribution in [2.45, 2.75) is 12.7 Å². The summed E-state index contributed by atoms with van der Waals surface area (Å²) in [5.74, 6) is -2.28. The summed E-state index contributed by atoms with van der Waals surface area (Å²) in [6.07, 6.45) is -5.08. The zero-order valence-corrected chi connectivity index (χ0v) is 18.8. The highest BCUT2D eigenvalue weighted by molar-refractivity contribution is 5.80. The maximum Gasteiger partial charge on any atom is 0.490 e. The molecule has 0 spiro atoms. The van der Waals surface area contributed by atoms with Crippen molar-refractivity contribution < 1.29 is 27.5 Å². The first-order chi connectivity index (χ1) is 16.7. The molecule has 0 saturated carbocycles. The van der Waals surface area contributed by atoms with Gasteiger partial charge in [0.2, 0.25) is 0 Å². The van der Waals surface area contributed by atoms with Gasteiger partial charge in [-0.25, -0.2) is 14.2 Å². The molecule has 1 heterocycles. The van der Waals surface area contributed by atoms with Crippen LogP contribution in [0.5, 0.6) is 0 Å². The van der Waals surface area contributed by atoms with Crippen molar-refractivity contribution in [3.8, 4) is 22.5 Å². The van der Waals surface area contributed by atoms with Crippen molar-refractivity contribution in [3.63, 3.8) is 0 Å². The zero-order valence-electron chi connectivity index (χ0n) is 18.8. The number of hydrogen-bond acceptors (Lipinski definition) is 4. The minimum atomic E-state index is -5.08. The Balaban J connectivity index is 0.000000429. The molecule has 184 valence electrons. The van der Waals surface area contributed by atoms with Gasteiger partial charge in [-0.15, -0.1) is 0 Å². The molecule has 10 heteroatoms. The van der Waals surface area contributed by atoms with Gasteiger partial charge in [0.25, 0.3) is 0 Å². The predicted octanol–water partition coefficient (Wildman–Crippen LogP) is 4.98. The van der Waals surface area contributed by atoms with Crippen LogP contribution in [-0.4, -0.2) is 47.4 Å². The van der Waals surface area contributed by atoms with Crippen LogP contribution in [0.25, 0.3) is 33.5 Å². The molecule has 35 heavy (non-hydrogen) atoms. The van der Waals surface area contributed by atoms with Crippen LogP contribution in [0.3, 0.4) is 0 Å². The smallest absolute Gasteiger partial charge is 0.475 e. The molecule has 4 aromatic rings. The lowest BCUT2D eigenvalue weighted by molar-refractivity contribution is -0.192. The minimum Gasteiger partial charge on any atom is -0.475 e. The lowest BCUT2D eigenvalue weighted by Crippen LogP contribution is -2.24. The lowest BCUT2D eigenvalue weighted by atomic mass is 10.0. The molecule has 0 amide bonds. The van der Waals surface area contributed by atoms with E-state index >= 15 is 0 Å². The largest absolute Gasteiger partial charge is 0.490 e. The summed E-state index contributed by atoms with van der Waals surface area (Å²) >= 11 is 0. The predicted molar refractivity (Wildman–Crippen MR) is 126 cm³/mol. The molecule has 0 bridgehead atoms. The molecule has 0 unspecified atom stereocenters. The van der Waals surface area contributed by atoms with Crippen molar-refractivity contribution in [1.29, 1.82) is 0 Å². The molecule has 3 aromatic carbocycles. The highest BCUT2D eigenvalue weighted by Gasteiger charge is 2.38. The maximum atomic E-state index is 13.4. The van der Waals surface area contributed by atoms with Gasteiger partial charge in [-0.05, 0) is 48.0 Å². The molecule has 0 aliphatic rings. The average molecular weight is 488 g/mol. The third kappa shape index (κ3) is 7.36. The number of nitrogens with one attached hydrogen (secondary N) is 3. The monoisotopic (exact) mass is 488 g/mol. The fourth-order valence-corrected chi connectivity index (χ4v) is 3.23. The van der Waals surface area contributed by atoms with Gasteiger partial charge in [-0.3, -0.25) is 0 Å². The number of benzene rings is 3. The number of likely N-dealkylation sites (N-methyl/N-ethyl adjacent to an activating group) is 1. The number of aromatic amines is 1. The Bertz CT molecular complexity index is 1270. The molecule has 4 N–H and O–H groups in total. The van der Waals surface area contributed by atoms with Crippen LogP contribution in [0.4, 0.5) is 17.6 Å². The Labute approximate surface area is 199 Å². The van der Waals surface area contributed by atoms with E-state index in [9.17, 15) is 17.6 Å². The minimum absolute atomic E-state index is 0.267. The summed E-state index contributed by atoms with van der Waals surface area (Å²) in [5, 5.41) is 13.7. The number of carboxylic acid groups (broad SMARTS) is 1. The van der Waals surface area contributed by atoms with E-state index in [2.05, 4.69) is 57.0 Å². The van der Waals surface area contributed by atoms with E-state index in [1.165, 1.54) is 17.7 Å². The van der Waals surface area contributed by atoms with Crippen LogP contribution in [0, 0.1) is 5.82 Å². The number of nitrogens with zero attached hydrogens (tertiary/aromatic N) is 1. The molecule has 0 aliphatic heterocycles. The number of rotatable bonds is 7. The second-order valence-corrected chi connectivity index (χ2v) is 7.61. The second kappa shape index (κ2) is 11.6. The van der Waals surface area contributed by atoms with E-state index in [0.29, 0.717) is 5.52 Å². The van der Waals surface area contributed by atoms with Crippen molar-refractivity contribution >= 4 is 17.0 Å². The van der Waals surface area contributed by atoms with Crippen LogP contribution in [-0.2, 0) is 11.3 Å². The molecule has 0 atom stereocenters. The number of carbonyl (C=O) groups is 1. The van der Waals surface area contributed by atoms with Gasteiger partial charge in [0.15, 0.2) is 0 Å². The first kappa shape index (κ1) is 25.9. The molecule has 0 radical (unpaired) electrons. The number of aliphatic carboxylic acids is 1. The van der Waals surface area contributed by atoms with Crippen molar-refractivity contribution in [2.75, 3.05) is 20.1 Å².